The van der Waals surface area contributed by atoms with Crippen LogP contribution in [0.25, 0.3) is 11.1 Å². The Bertz CT molecular complexity index is 846. The van der Waals surface area contributed by atoms with Gasteiger partial charge in [0, 0.05) is 17.5 Å². The fraction of sp³-hybridized carbons (Fsp3) is 0.381. The van der Waals surface area contributed by atoms with Crippen molar-refractivity contribution in [2.75, 3.05) is 13.7 Å². The maximum atomic E-state index is 12.8. The van der Waals surface area contributed by atoms with E-state index >= 15 is 0 Å². The normalized spacial score (nSPS) is 13.2. The molecule has 0 radical (unpaired) electrons. The monoisotopic (exact) mass is 376 g/mol. The van der Waals surface area contributed by atoms with Gasteiger partial charge in [-0.1, -0.05) is 32.0 Å². The van der Waals surface area contributed by atoms with E-state index in [-0.39, 0.29) is 23.2 Å². The van der Waals surface area contributed by atoms with Crippen LogP contribution in [0.15, 0.2) is 30.3 Å². The Balaban J connectivity index is 2.16. The highest BCUT2D eigenvalue weighted by molar-refractivity contribution is 6.02. The number of carbonyl (C=O) groups is 1. The SMILES string of the molecule is COc1c(OC(F)F)ccc(-c2cccc3c2CCC3=O)c1OCC(C)C. The first-order valence-corrected chi connectivity index (χ1v) is 8.86. The van der Waals surface area contributed by atoms with Gasteiger partial charge in [0.15, 0.2) is 17.3 Å². The Morgan fingerprint density at radius 3 is 2.41 bits per heavy atom. The molecule has 0 amide bonds. The van der Waals surface area contributed by atoms with Crippen LogP contribution in [0.3, 0.4) is 0 Å². The maximum Gasteiger partial charge on any atom is 0.387 e. The summed E-state index contributed by atoms with van der Waals surface area (Å²) in [5, 5.41) is 0. The molecule has 1 aliphatic rings. The van der Waals surface area contributed by atoms with Crippen LogP contribution in [0.5, 0.6) is 17.2 Å². The zero-order chi connectivity index (χ0) is 19.6. The smallest absolute Gasteiger partial charge is 0.387 e. The summed E-state index contributed by atoms with van der Waals surface area (Å²) in [5.41, 5.74) is 3.19. The van der Waals surface area contributed by atoms with Crippen LogP contribution in [0.4, 0.5) is 8.78 Å². The number of alkyl halides is 2. The Labute approximate surface area is 157 Å². The van der Waals surface area contributed by atoms with Gasteiger partial charge in [0.25, 0.3) is 0 Å². The number of carbonyl (C=O) groups excluding carboxylic acids is 1. The first-order valence-electron chi connectivity index (χ1n) is 8.86. The Hall–Kier alpha value is -2.63. The maximum absolute atomic E-state index is 12.8. The third-order valence-corrected chi connectivity index (χ3v) is 4.43. The number of ketones is 1. The van der Waals surface area contributed by atoms with Crippen LogP contribution < -0.4 is 14.2 Å². The Morgan fingerprint density at radius 1 is 1.00 bits per heavy atom. The average Bonchev–Trinajstić information content (AvgIpc) is 3.01. The lowest BCUT2D eigenvalue weighted by Gasteiger charge is -2.20. The number of hydrogen-bond acceptors (Lipinski definition) is 4. The standard InChI is InChI=1S/C21H22F2O4/c1-12(2)11-26-19-16(8-10-18(20(19)25-3)27-21(22)23)13-5-4-6-15-14(13)7-9-17(15)24/h4-6,8,10,12,21H,7,9,11H2,1-3H3. The molecule has 0 atom stereocenters. The molecule has 0 N–H and O–H groups in total. The lowest BCUT2D eigenvalue weighted by Crippen LogP contribution is -2.09. The lowest BCUT2D eigenvalue weighted by atomic mass is 9.95. The molecule has 3 rings (SSSR count). The van der Waals surface area contributed by atoms with Gasteiger partial charge in [-0.2, -0.15) is 8.78 Å². The minimum Gasteiger partial charge on any atom is -0.490 e. The highest BCUT2D eigenvalue weighted by Gasteiger charge is 2.26. The molecular formula is C21H22F2O4. The van der Waals surface area contributed by atoms with E-state index in [1.54, 1.807) is 6.07 Å². The first-order chi connectivity index (χ1) is 12.9. The number of methoxy groups -OCH3 is 1. The molecule has 0 fully saturated rings. The van der Waals surface area contributed by atoms with E-state index in [0.29, 0.717) is 36.3 Å². The van der Waals surface area contributed by atoms with Crippen molar-refractivity contribution >= 4 is 5.78 Å². The van der Waals surface area contributed by atoms with E-state index in [0.717, 1.165) is 11.1 Å². The number of Topliss-reactive ketones (excluding diaryl/α,β-unsaturated/α-hetero) is 1. The molecule has 1 aliphatic carbocycles. The van der Waals surface area contributed by atoms with Crippen LogP contribution >= 0.6 is 0 Å². The lowest BCUT2D eigenvalue weighted by molar-refractivity contribution is -0.0513. The number of halogens is 2. The zero-order valence-corrected chi connectivity index (χ0v) is 15.6. The van der Waals surface area contributed by atoms with Gasteiger partial charge in [-0.3, -0.25) is 4.79 Å². The van der Waals surface area contributed by atoms with Crippen LogP contribution in [0.1, 0.15) is 36.2 Å². The fourth-order valence-corrected chi connectivity index (χ4v) is 3.28. The van der Waals surface area contributed by atoms with Crippen molar-refractivity contribution in [2.24, 2.45) is 5.92 Å². The molecule has 0 heterocycles. The van der Waals surface area contributed by atoms with Gasteiger partial charge < -0.3 is 14.2 Å². The second-order valence-electron chi connectivity index (χ2n) is 6.81. The highest BCUT2D eigenvalue weighted by Crippen LogP contribution is 2.47. The molecule has 6 heteroatoms. The van der Waals surface area contributed by atoms with E-state index < -0.39 is 6.61 Å². The molecule has 0 aromatic heterocycles. The van der Waals surface area contributed by atoms with Gasteiger partial charge in [-0.25, -0.2) is 0 Å². The zero-order valence-electron chi connectivity index (χ0n) is 15.6. The van der Waals surface area contributed by atoms with E-state index in [4.69, 9.17) is 9.47 Å². The predicted molar refractivity (Wildman–Crippen MR) is 98.0 cm³/mol. The highest BCUT2D eigenvalue weighted by atomic mass is 19.3. The molecule has 2 aromatic carbocycles. The van der Waals surface area contributed by atoms with Crippen LogP contribution in [0, 0.1) is 5.92 Å². The van der Waals surface area contributed by atoms with E-state index in [2.05, 4.69) is 4.74 Å². The van der Waals surface area contributed by atoms with E-state index in [9.17, 15) is 13.6 Å². The minimum absolute atomic E-state index is 0.0846. The summed E-state index contributed by atoms with van der Waals surface area (Å²) < 4.78 is 41.4. The average molecular weight is 376 g/mol. The third kappa shape index (κ3) is 3.89. The van der Waals surface area contributed by atoms with E-state index in [1.807, 2.05) is 32.0 Å². The van der Waals surface area contributed by atoms with Crippen molar-refractivity contribution < 1.29 is 27.8 Å². The largest absolute Gasteiger partial charge is 0.490 e. The second-order valence-corrected chi connectivity index (χ2v) is 6.81. The molecule has 0 saturated carbocycles. The van der Waals surface area contributed by atoms with Gasteiger partial charge in [-0.15, -0.1) is 0 Å². The van der Waals surface area contributed by atoms with Gasteiger partial charge in [-0.05, 0) is 35.6 Å². The molecule has 0 unspecified atom stereocenters. The minimum atomic E-state index is -2.97. The number of benzene rings is 2. The molecule has 0 aliphatic heterocycles. The molecule has 2 aromatic rings. The summed E-state index contributed by atoms with van der Waals surface area (Å²) in [7, 11) is 1.39. The number of hydrogen-bond donors (Lipinski definition) is 0. The van der Waals surface area contributed by atoms with Gasteiger partial charge >= 0.3 is 6.61 Å². The summed E-state index contributed by atoms with van der Waals surface area (Å²) in [6, 6.07) is 8.66. The summed E-state index contributed by atoms with van der Waals surface area (Å²) in [6.45, 7) is 1.39. The molecule has 0 spiro atoms. The molecule has 27 heavy (non-hydrogen) atoms. The quantitative estimate of drug-likeness (QED) is 0.672. The summed E-state index contributed by atoms with van der Waals surface area (Å²) in [6.07, 6.45) is 1.11. The summed E-state index contributed by atoms with van der Waals surface area (Å²) >= 11 is 0. The molecular weight excluding hydrogens is 354 g/mol. The number of fused-ring (bicyclic) bond motifs is 1. The first kappa shape index (κ1) is 19.1. The van der Waals surface area contributed by atoms with Crippen molar-refractivity contribution in [1.29, 1.82) is 0 Å². The van der Waals surface area contributed by atoms with Gasteiger partial charge in [0.1, 0.15) is 0 Å². The molecule has 0 saturated heterocycles. The molecule has 0 bridgehead atoms. The third-order valence-electron chi connectivity index (χ3n) is 4.43. The van der Waals surface area contributed by atoms with Crippen molar-refractivity contribution in [1.82, 2.24) is 0 Å². The van der Waals surface area contributed by atoms with Crippen molar-refractivity contribution in [3.05, 3.63) is 41.5 Å². The van der Waals surface area contributed by atoms with Crippen molar-refractivity contribution in [3.8, 4) is 28.4 Å². The Morgan fingerprint density at radius 2 is 1.74 bits per heavy atom. The molecule has 4 nitrogen and oxygen atoms in total. The van der Waals surface area contributed by atoms with Crippen LogP contribution in [-0.2, 0) is 6.42 Å². The Kier molecular flexibility index (Phi) is 5.63. The van der Waals surface area contributed by atoms with Crippen molar-refractivity contribution in [3.63, 3.8) is 0 Å². The summed E-state index contributed by atoms with van der Waals surface area (Å²) in [4.78, 5) is 12.1. The molecule has 144 valence electrons. The van der Waals surface area contributed by atoms with Gasteiger partial charge in [0.2, 0.25) is 5.75 Å². The second kappa shape index (κ2) is 7.94. The van der Waals surface area contributed by atoms with Crippen molar-refractivity contribution in [2.45, 2.75) is 33.3 Å². The topological polar surface area (TPSA) is 44.8 Å². The van der Waals surface area contributed by atoms with Crippen LogP contribution in [-0.4, -0.2) is 26.1 Å². The summed E-state index contributed by atoms with van der Waals surface area (Å²) in [5.74, 6) is 0.720. The number of ether oxygens (including phenoxy) is 3. The number of rotatable bonds is 7. The van der Waals surface area contributed by atoms with Crippen LogP contribution in [0.2, 0.25) is 0 Å². The van der Waals surface area contributed by atoms with E-state index in [1.165, 1.54) is 13.2 Å². The fourth-order valence-electron chi connectivity index (χ4n) is 3.28. The van der Waals surface area contributed by atoms with Gasteiger partial charge in [0.05, 0.1) is 13.7 Å². The predicted octanol–water partition coefficient (Wildman–Crippen LogP) is 5.13.